The predicted molar refractivity (Wildman–Crippen MR) is 70.1 cm³/mol. The van der Waals surface area contributed by atoms with Crippen molar-refractivity contribution in [1.29, 1.82) is 0 Å². The Labute approximate surface area is 117 Å². The molecule has 0 aliphatic heterocycles. The van der Waals surface area contributed by atoms with E-state index in [1.807, 2.05) is 6.07 Å². The summed E-state index contributed by atoms with van der Waals surface area (Å²) < 4.78 is 24.8. The second-order valence-corrected chi connectivity index (χ2v) is 4.90. The monoisotopic (exact) mass is 273 g/mol. The lowest BCUT2D eigenvalue weighted by Crippen LogP contribution is -2.23. The summed E-state index contributed by atoms with van der Waals surface area (Å²) in [6, 6.07) is 13.8. The molecular weight excluding hydrogens is 262 g/mol. The highest BCUT2D eigenvalue weighted by Gasteiger charge is 2.14. The summed E-state index contributed by atoms with van der Waals surface area (Å²) in [6.07, 6.45) is 0. The largest absolute Gasteiger partial charge is 0.618 e. The van der Waals surface area contributed by atoms with E-state index in [1.54, 1.807) is 42.5 Å². The first-order valence-electron chi connectivity index (χ1n) is 5.68. The molecule has 95 valence electrons. The lowest BCUT2D eigenvalue weighted by molar-refractivity contribution is -0.131. The van der Waals surface area contributed by atoms with Crippen LogP contribution in [0.3, 0.4) is 0 Å². The normalized spacial score (nSPS) is 9.79. The third kappa shape index (κ3) is 3.82. The fourth-order valence-corrected chi connectivity index (χ4v) is 2.19. The Morgan fingerprint density at radius 3 is 2.53 bits per heavy atom. The predicted octanol–water partition coefficient (Wildman–Crippen LogP) is 2.43. The van der Waals surface area contributed by atoms with Crippen LogP contribution in [0.25, 0.3) is 0 Å². The SMILES string of the molecule is CC(=O)[O][Al][c]1cccc(Oc2ccccc2)c1F. The van der Waals surface area contributed by atoms with Gasteiger partial charge in [0.2, 0.25) is 0 Å². The quantitative estimate of drug-likeness (QED) is 0.803. The maximum Gasteiger partial charge on any atom is 0.575 e. The summed E-state index contributed by atoms with van der Waals surface area (Å²) in [7, 11) is 0. The van der Waals surface area contributed by atoms with Crippen LogP contribution >= 0.6 is 0 Å². The van der Waals surface area contributed by atoms with Crippen molar-refractivity contribution in [2.45, 2.75) is 6.92 Å². The molecule has 0 saturated heterocycles. The first-order valence-corrected chi connectivity index (χ1v) is 6.73. The molecule has 0 spiro atoms. The van der Waals surface area contributed by atoms with Crippen molar-refractivity contribution in [1.82, 2.24) is 0 Å². The second kappa shape index (κ2) is 6.37. The third-order valence-electron chi connectivity index (χ3n) is 2.32. The molecule has 0 fully saturated rings. The first-order chi connectivity index (χ1) is 9.16. The number of halogens is 1. The average molecular weight is 273 g/mol. The fraction of sp³-hybridized carbons (Fsp3) is 0.0714. The highest BCUT2D eigenvalue weighted by Crippen LogP contribution is 2.22. The maximum absolute atomic E-state index is 14.1. The van der Waals surface area contributed by atoms with Crippen molar-refractivity contribution < 1.29 is 17.7 Å². The highest BCUT2D eigenvalue weighted by atomic mass is 27.1. The van der Waals surface area contributed by atoms with Gasteiger partial charge >= 0.3 is 15.6 Å². The van der Waals surface area contributed by atoms with Crippen molar-refractivity contribution in [3.63, 3.8) is 0 Å². The van der Waals surface area contributed by atoms with E-state index in [-0.39, 0.29) is 5.75 Å². The fourth-order valence-electron chi connectivity index (χ4n) is 1.46. The van der Waals surface area contributed by atoms with Gasteiger partial charge in [-0.2, -0.15) is 0 Å². The van der Waals surface area contributed by atoms with Crippen molar-refractivity contribution in [2.24, 2.45) is 0 Å². The van der Waals surface area contributed by atoms with Crippen LogP contribution in [0.15, 0.2) is 48.5 Å². The van der Waals surface area contributed by atoms with Crippen LogP contribution in [0.4, 0.5) is 4.39 Å². The molecule has 3 nitrogen and oxygen atoms in total. The molecule has 0 atom stereocenters. The van der Waals surface area contributed by atoms with Gasteiger partial charge < -0.3 is 8.53 Å². The lowest BCUT2D eigenvalue weighted by atomic mass is 10.3. The summed E-state index contributed by atoms with van der Waals surface area (Å²) in [4.78, 5) is 10.7. The van der Waals surface area contributed by atoms with Gasteiger partial charge in [0, 0.05) is 6.92 Å². The number of para-hydroxylation sites is 1. The van der Waals surface area contributed by atoms with Gasteiger partial charge in [0.25, 0.3) is 5.97 Å². The Morgan fingerprint density at radius 1 is 1.11 bits per heavy atom. The van der Waals surface area contributed by atoms with Crippen molar-refractivity contribution in [3.8, 4) is 11.5 Å². The van der Waals surface area contributed by atoms with Crippen molar-refractivity contribution in [2.75, 3.05) is 0 Å². The number of hydrogen-bond acceptors (Lipinski definition) is 3. The Kier molecular flexibility index (Phi) is 4.56. The standard InChI is InChI=1S/C12H8FO.C2H4O2.Al/c13-11-8-4-5-9-12(11)14-10-6-2-1-3-7-10;1-2(3)4;/h1-7,9H;1H3,(H,3,4);/q;;+1/p-1. The number of carbonyl (C=O) groups is 1. The van der Waals surface area contributed by atoms with E-state index in [9.17, 15) is 9.18 Å². The van der Waals surface area contributed by atoms with Crippen LogP contribution in [-0.2, 0) is 8.58 Å². The molecule has 0 heterocycles. The van der Waals surface area contributed by atoms with E-state index in [4.69, 9.17) is 8.53 Å². The van der Waals surface area contributed by atoms with Gasteiger partial charge in [-0.15, -0.1) is 0 Å². The van der Waals surface area contributed by atoms with E-state index in [1.165, 1.54) is 6.92 Å². The number of benzene rings is 2. The molecule has 0 N–H and O–H groups in total. The summed E-state index contributed by atoms with van der Waals surface area (Å²) in [5, 5.41) is 0. The number of carbonyl (C=O) groups excluding carboxylic acids is 1. The van der Waals surface area contributed by atoms with E-state index < -0.39 is 27.3 Å². The zero-order chi connectivity index (χ0) is 13.7. The number of hydrogen-bond donors (Lipinski definition) is 0. The summed E-state index contributed by atoms with van der Waals surface area (Å²) in [6.45, 7) is 1.30. The minimum Gasteiger partial charge on any atom is -0.618 e. The maximum atomic E-state index is 14.1. The first kappa shape index (κ1) is 13.6. The zero-order valence-electron chi connectivity index (χ0n) is 10.3. The molecule has 0 bridgehead atoms. The second-order valence-electron chi connectivity index (χ2n) is 3.80. The smallest absolute Gasteiger partial charge is 0.575 e. The van der Waals surface area contributed by atoms with Crippen molar-refractivity contribution in [3.05, 3.63) is 54.3 Å². The molecule has 0 aliphatic carbocycles. The van der Waals surface area contributed by atoms with Gasteiger partial charge in [0.1, 0.15) is 5.75 Å². The van der Waals surface area contributed by atoms with Crippen LogP contribution < -0.4 is 9.16 Å². The Balaban J connectivity index is 2.17. The van der Waals surface area contributed by atoms with Gasteiger partial charge in [-0.25, -0.2) is 4.39 Å². The summed E-state index contributed by atoms with van der Waals surface area (Å²) in [5.41, 5.74) is 0. The summed E-state index contributed by atoms with van der Waals surface area (Å²) in [5.74, 6) is -0.212. The van der Waals surface area contributed by atoms with Gasteiger partial charge in [0.15, 0.2) is 11.6 Å². The van der Waals surface area contributed by atoms with E-state index in [0.717, 1.165) is 0 Å². The average Bonchev–Trinajstić information content (AvgIpc) is 2.41. The van der Waals surface area contributed by atoms with Gasteiger partial charge in [-0.05, 0) is 22.6 Å². The van der Waals surface area contributed by atoms with Crippen LogP contribution in [0.1, 0.15) is 6.92 Å². The molecule has 0 amide bonds. The molecule has 2 aromatic rings. The third-order valence-corrected chi connectivity index (χ3v) is 3.47. The Morgan fingerprint density at radius 2 is 1.84 bits per heavy atom. The summed E-state index contributed by atoms with van der Waals surface area (Å²) >= 11 is -0.883. The van der Waals surface area contributed by atoms with Crippen LogP contribution in [-0.4, -0.2) is 21.5 Å². The highest BCUT2D eigenvalue weighted by molar-refractivity contribution is 6.49. The molecule has 0 aromatic heterocycles. The topological polar surface area (TPSA) is 35.5 Å². The van der Waals surface area contributed by atoms with Crippen molar-refractivity contribution >= 4 is 25.9 Å². The van der Waals surface area contributed by atoms with E-state index >= 15 is 0 Å². The van der Waals surface area contributed by atoms with Crippen LogP contribution in [0, 0.1) is 5.82 Å². The van der Waals surface area contributed by atoms with Gasteiger partial charge in [-0.3, -0.25) is 4.79 Å². The number of rotatable bonds is 4. The molecule has 2 rings (SSSR count). The molecular formula is C14H11AlFO3. The minimum atomic E-state index is -0.883. The van der Waals surface area contributed by atoms with E-state index in [0.29, 0.717) is 10.2 Å². The lowest BCUT2D eigenvalue weighted by Gasteiger charge is -2.09. The molecule has 2 aromatic carbocycles. The molecule has 5 heteroatoms. The number of ether oxygens (including phenoxy) is 1. The van der Waals surface area contributed by atoms with Crippen LogP contribution in [0.2, 0.25) is 0 Å². The van der Waals surface area contributed by atoms with E-state index in [2.05, 4.69) is 0 Å². The van der Waals surface area contributed by atoms with Gasteiger partial charge in [0.05, 0.1) is 0 Å². The van der Waals surface area contributed by atoms with Crippen LogP contribution in [0.5, 0.6) is 11.5 Å². The minimum absolute atomic E-state index is 0.128. The van der Waals surface area contributed by atoms with Gasteiger partial charge in [-0.1, -0.05) is 30.3 Å². The Hall–Kier alpha value is -1.83. The Bertz CT molecular complexity index is 572. The molecule has 0 unspecified atom stereocenters. The molecule has 19 heavy (non-hydrogen) atoms. The molecule has 0 aliphatic rings. The zero-order valence-corrected chi connectivity index (χ0v) is 11.5. The molecule has 1 radical (unpaired) electrons. The molecule has 0 saturated carbocycles.